The van der Waals surface area contributed by atoms with Gasteiger partial charge in [0.15, 0.2) is 0 Å². The van der Waals surface area contributed by atoms with Crippen molar-refractivity contribution in [1.29, 1.82) is 0 Å². The number of amides is 3. The molecule has 0 N–H and O–H groups in total. The first-order valence-electron chi connectivity index (χ1n) is 9.41. The number of rotatable bonds is 3. The van der Waals surface area contributed by atoms with Crippen LogP contribution in [0.5, 0.6) is 0 Å². The fraction of sp³-hybridized carbons (Fsp3) is 0.550. The van der Waals surface area contributed by atoms with Crippen LogP contribution in [0.2, 0.25) is 0 Å². The van der Waals surface area contributed by atoms with Gasteiger partial charge in [-0.05, 0) is 30.9 Å². The van der Waals surface area contributed by atoms with Crippen molar-refractivity contribution < 1.29 is 14.4 Å². The molecule has 1 spiro atoms. The third-order valence-electron chi connectivity index (χ3n) is 6.15. The Morgan fingerprint density at radius 2 is 1.96 bits per heavy atom. The highest BCUT2D eigenvalue weighted by Gasteiger charge is 2.48. The van der Waals surface area contributed by atoms with Gasteiger partial charge in [0.1, 0.15) is 0 Å². The van der Waals surface area contributed by atoms with Gasteiger partial charge >= 0.3 is 0 Å². The maximum atomic E-state index is 12.7. The first-order chi connectivity index (χ1) is 12.5. The molecule has 0 radical (unpaired) electrons. The SMILES string of the molecule is CN1CCC[C@@]2(CCN(C(=O)CCN3Cc4ccccc4C3=O)C2)C1=O. The first-order valence-corrected chi connectivity index (χ1v) is 9.41. The van der Waals surface area contributed by atoms with Gasteiger partial charge in [-0.3, -0.25) is 14.4 Å². The van der Waals surface area contributed by atoms with Crippen LogP contribution in [0.4, 0.5) is 0 Å². The van der Waals surface area contributed by atoms with Crippen LogP contribution in [0, 0.1) is 5.41 Å². The number of nitrogens with zero attached hydrogens (tertiary/aromatic N) is 3. The number of likely N-dealkylation sites (tertiary alicyclic amines) is 2. The van der Waals surface area contributed by atoms with Crippen LogP contribution in [0.1, 0.15) is 41.6 Å². The van der Waals surface area contributed by atoms with Gasteiger partial charge in [-0.2, -0.15) is 0 Å². The van der Waals surface area contributed by atoms with Gasteiger partial charge in [0, 0.05) is 51.8 Å². The molecule has 1 aromatic rings. The third kappa shape index (κ3) is 2.77. The normalized spacial score (nSPS) is 25.3. The van der Waals surface area contributed by atoms with Crippen LogP contribution in [0.3, 0.4) is 0 Å². The molecule has 3 amide bonds. The average molecular weight is 355 g/mol. The molecule has 1 atom stereocenters. The Kier molecular flexibility index (Phi) is 4.21. The molecule has 4 rings (SSSR count). The molecule has 1 aromatic carbocycles. The highest BCUT2D eigenvalue weighted by atomic mass is 16.2. The number of carbonyl (C=O) groups is 3. The van der Waals surface area contributed by atoms with Crippen LogP contribution < -0.4 is 0 Å². The molecule has 0 bridgehead atoms. The summed E-state index contributed by atoms with van der Waals surface area (Å²) < 4.78 is 0. The summed E-state index contributed by atoms with van der Waals surface area (Å²) in [5.74, 6) is 0.242. The lowest BCUT2D eigenvalue weighted by Gasteiger charge is -2.37. The maximum absolute atomic E-state index is 12.7. The van der Waals surface area contributed by atoms with Crippen LogP contribution in [-0.2, 0) is 16.1 Å². The topological polar surface area (TPSA) is 60.9 Å². The van der Waals surface area contributed by atoms with Crippen molar-refractivity contribution in [2.75, 3.05) is 33.2 Å². The monoisotopic (exact) mass is 355 g/mol. The minimum atomic E-state index is -0.373. The molecule has 0 saturated carbocycles. The molecule has 3 heterocycles. The van der Waals surface area contributed by atoms with Crippen molar-refractivity contribution in [2.24, 2.45) is 5.41 Å². The number of hydrogen-bond acceptors (Lipinski definition) is 3. The molecule has 138 valence electrons. The van der Waals surface area contributed by atoms with Gasteiger partial charge in [0.05, 0.1) is 5.41 Å². The van der Waals surface area contributed by atoms with Crippen LogP contribution in [0.15, 0.2) is 24.3 Å². The standard InChI is InChI=1S/C20H25N3O3/c1-21-10-4-8-20(19(21)26)9-12-23(14-20)17(24)7-11-22-13-15-5-2-3-6-16(15)18(22)25/h2-3,5-6H,4,7-14H2,1H3/t20-/m0/s1. The lowest BCUT2D eigenvalue weighted by atomic mass is 9.78. The zero-order chi connectivity index (χ0) is 18.3. The second-order valence-electron chi connectivity index (χ2n) is 7.81. The summed E-state index contributed by atoms with van der Waals surface area (Å²) in [6, 6.07) is 7.61. The molecule has 6 nitrogen and oxygen atoms in total. The van der Waals surface area contributed by atoms with Crippen molar-refractivity contribution in [1.82, 2.24) is 14.7 Å². The average Bonchev–Trinajstić information content (AvgIpc) is 3.21. The molecule has 0 unspecified atom stereocenters. The fourth-order valence-electron chi connectivity index (χ4n) is 4.62. The minimum Gasteiger partial charge on any atom is -0.345 e. The zero-order valence-electron chi connectivity index (χ0n) is 15.2. The quantitative estimate of drug-likeness (QED) is 0.826. The second-order valence-corrected chi connectivity index (χ2v) is 7.81. The van der Waals surface area contributed by atoms with E-state index in [1.54, 1.807) is 9.80 Å². The Hall–Kier alpha value is -2.37. The Labute approximate surface area is 153 Å². The summed E-state index contributed by atoms with van der Waals surface area (Å²) in [5, 5.41) is 0. The molecule has 0 aliphatic carbocycles. The first kappa shape index (κ1) is 17.1. The zero-order valence-corrected chi connectivity index (χ0v) is 15.2. The number of fused-ring (bicyclic) bond motifs is 1. The fourth-order valence-corrected chi connectivity index (χ4v) is 4.62. The van der Waals surface area contributed by atoms with E-state index in [1.807, 2.05) is 36.2 Å². The van der Waals surface area contributed by atoms with Gasteiger partial charge in [-0.15, -0.1) is 0 Å². The van der Waals surface area contributed by atoms with E-state index in [2.05, 4.69) is 0 Å². The summed E-state index contributed by atoms with van der Waals surface area (Å²) in [7, 11) is 1.85. The van der Waals surface area contributed by atoms with Crippen molar-refractivity contribution in [3.8, 4) is 0 Å². The van der Waals surface area contributed by atoms with Gasteiger partial charge in [-0.25, -0.2) is 0 Å². The third-order valence-corrected chi connectivity index (χ3v) is 6.15. The Morgan fingerprint density at radius 3 is 2.77 bits per heavy atom. The molecule has 3 aliphatic heterocycles. The summed E-state index contributed by atoms with van der Waals surface area (Å²) in [6.07, 6.45) is 2.96. The lowest BCUT2D eigenvalue weighted by Crippen LogP contribution is -2.48. The Balaban J connectivity index is 1.34. The van der Waals surface area contributed by atoms with E-state index in [0.717, 1.165) is 36.9 Å². The summed E-state index contributed by atoms with van der Waals surface area (Å²) in [6.45, 7) is 3.00. The number of hydrogen-bond donors (Lipinski definition) is 0. The second kappa shape index (κ2) is 6.41. The summed E-state index contributed by atoms with van der Waals surface area (Å²) >= 11 is 0. The maximum Gasteiger partial charge on any atom is 0.254 e. The van der Waals surface area contributed by atoms with Crippen LogP contribution >= 0.6 is 0 Å². The number of carbonyl (C=O) groups excluding carboxylic acids is 3. The molecular formula is C20H25N3O3. The summed E-state index contributed by atoms with van der Waals surface area (Å²) in [5.41, 5.74) is 1.40. The van der Waals surface area contributed by atoms with E-state index in [4.69, 9.17) is 0 Å². The molecular weight excluding hydrogens is 330 g/mol. The molecule has 2 saturated heterocycles. The highest BCUT2D eigenvalue weighted by Crippen LogP contribution is 2.39. The molecule has 3 aliphatic rings. The predicted molar refractivity (Wildman–Crippen MR) is 96.3 cm³/mol. The van der Waals surface area contributed by atoms with E-state index in [1.165, 1.54) is 0 Å². The molecule has 6 heteroatoms. The van der Waals surface area contributed by atoms with Crippen LogP contribution in [-0.4, -0.2) is 65.6 Å². The largest absolute Gasteiger partial charge is 0.345 e. The molecule has 26 heavy (non-hydrogen) atoms. The van der Waals surface area contributed by atoms with Gasteiger partial charge < -0.3 is 14.7 Å². The van der Waals surface area contributed by atoms with E-state index >= 15 is 0 Å². The van der Waals surface area contributed by atoms with E-state index in [-0.39, 0.29) is 23.1 Å². The van der Waals surface area contributed by atoms with Gasteiger partial charge in [-0.1, -0.05) is 18.2 Å². The van der Waals surface area contributed by atoms with Crippen molar-refractivity contribution >= 4 is 17.7 Å². The van der Waals surface area contributed by atoms with E-state index in [0.29, 0.717) is 32.6 Å². The van der Waals surface area contributed by atoms with Gasteiger partial charge in [0.2, 0.25) is 11.8 Å². The predicted octanol–water partition coefficient (Wildman–Crippen LogP) is 1.50. The highest BCUT2D eigenvalue weighted by molar-refractivity contribution is 5.98. The lowest BCUT2D eigenvalue weighted by molar-refractivity contribution is -0.144. The minimum absolute atomic E-state index is 0.00961. The smallest absolute Gasteiger partial charge is 0.254 e. The Bertz CT molecular complexity index is 762. The summed E-state index contributed by atoms with van der Waals surface area (Å²) in [4.78, 5) is 43.0. The molecule has 0 aromatic heterocycles. The van der Waals surface area contributed by atoms with Crippen molar-refractivity contribution in [2.45, 2.75) is 32.2 Å². The Morgan fingerprint density at radius 1 is 1.15 bits per heavy atom. The van der Waals surface area contributed by atoms with E-state index in [9.17, 15) is 14.4 Å². The van der Waals surface area contributed by atoms with Crippen molar-refractivity contribution in [3.05, 3.63) is 35.4 Å². The van der Waals surface area contributed by atoms with Crippen LogP contribution in [0.25, 0.3) is 0 Å². The number of benzene rings is 1. The number of piperidine rings is 1. The van der Waals surface area contributed by atoms with E-state index < -0.39 is 0 Å². The molecule has 2 fully saturated rings. The van der Waals surface area contributed by atoms with Gasteiger partial charge in [0.25, 0.3) is 5.91 Å². The van der Waals surface area contributed by atoms with Crippen molar-refractivity contribution in [3.63, 3.8) is 0 Å².